The van der Waals surface area contributed by atoms with E-state index in [2.05, 4.69) is 16.0 Å². The first-order valence-corrected chi connectivity index (χ1v) is 13.9. The van der Waals surface area contributed by atoms with Gasteiger partial charge >= 0.3 is 12.2 Å². The van der Waals surface area contributed by atoms with Gasteiger partial charge in [0.25, 0.3) is 0 Å². The molecule has 0 aromatic heterocycles. The molecular weight excluding hydrogens is 516 g/mol. The molecule has 0 saturated carbocycles. The minimum absolute atomic E-state index is 0.0854. The molecular formula is C29H44N4O7. The molecule has 0 bridgehead atoms. The van der Waals surface area contributed by atoms with Crippen LogP contribution in [0.2, 0.25) is 0 Å². The highest BCUT2D eigenvalue weighted by molar-refractivity contribution is 5.92. The van der Waals surface area contributed by atoms with Crippen molar-refractivity contribution in [2.75, 3.05) is 13.1 Å². The molecule has 0 radical (unpaired) electrons. The monoisotopic (exact) mass is 560 g/mol. The second-order valence-corrected chi connectivity index (χ2v) is 11.3. The van der Waals surface area contributed by atoms with Gasteiger partial charge in [-0.25, -0.2) is 9.59 Å². The molecule has 3 N–H and O–H groups in total. The first-order valence-electron chi connectivity index (χ1n) is 13.9. The summed E-state index contributed by atoms with van der Waals surface area (Å²) in [5.41, 5.74) is 0.130. The smallest absolute Gasteiger partial charge is 0.408 e. The molecule has 11 nitrogen and oxygen atoms in total. The van der Waals surface area contributed by atoms with Crippen LogP contribution in [0, 0.1) is 5.92 Å². The maximum Gasteiger partial charge on any atom is 0.408 e. The normalized spacial score (nSPS) is 16.6. The second kappa shape index (κ2) is 15.8. The summed E-state index contributed by atoms with van der Waals surface area (Å²) in [6.07, 6.45) is 1.87. The second-order valence-electron chi connectivity index (χ2n) is 11.3. The van der Waals surface area contributed by atoms with E-state index in [-0.39, 0.29) is 30.8 Å². The van der Waals surface area contributed by atoms with Crippen LogP contribution in [-0.4, -0.2) is 72.0 Å². The summed E-state index contributed by atoms with van der Waals surface area (Å²) in [6.45, 7) is 9.70. The molecule has 11 heteroatoms. The van der Waals surface area contributed by atoms with E-state index in [0.29, 0.717) is 45.1 Å². The van der Waals surface area contributed by atoms with Crippen LogP contribution in [0.3, 0.4) is 0 Å². The van der Waals surface area contributed by atoms with Gasteiger partial charge in [0.15, 0.2) is 0 Å². The lowest BCUT2D eigenvalue weighted by Crippen LogP contribution is -2.55. The Morgan fingerprint density at radius 1 is 1.05 bits per heavy atom. The van der Waals surface area contributed by atoms with Crippen LogP contribution in [0.5, 0.6) is 0 Å². The zero-order chi connectivity index (χ0) is 29.7. The number of hydrogen-bond donors (Lipinski definition) is 3. The molecule has 0 unspecified atom stereocenters. The van der Waals surface area contributed by atoms with Gasteiger partial charge in [-0.1, -0.05) is 44.2 Å². The molecule has 1 aliphatic rings. The molecule has 0 aliphatic carbocycles. The highest BCUT2D eigenvalue weighted by Gasteiger charge is 2.38. The average Bonchev–Trinajstić information content (AvgIpc) is 3.38. The number of carbonyl (C=O) groups excluding carboxylic acids is 5. The van der Waals surface area contributed by atoms with Gasteiger partial charge in [0.2, 0.25) is 11.8 Å². The molecule has 222 valence electrons. The van der Waals surface area contributed by atoms with Crippen LogP contribution < -0.4 is 16.0 Å². The molecule has 4 amide bonds. The maximum absolute atomic E-state index is 13.6. The standard InChI is InChI=1S/C29H44N4O7/c1-20(2)23(18-34)31-25(35)24-15-11-17-33(24)26(36)22(32-28(38)40-29(3,4)5)14-9-10-16-30-27(37)39-19-21-12-7-6-8-13-21/h6-8,12-13,18,20,22-24H,9-11,14-17,19H2,1-5H3,(H,30,37)(H,31,35)(H,32,38)/t22-,23+,24-/m0/s1. The van der Waals surface area contributed by atoms with Gasteiger partial charge in [0.1, 0.15) is 30.6 Å². The van der Waals surface area contributed by atoms with Crippen molar-refractivity contribution >= 4 is 30.3 Å². The lowest BCUT2D eigenvalue weighted by Gasteiger charge is -2.30. The number of alkyl carbamates (subject to hydrolysis) is 2. The molecule has 1 aromatic carbocycles. The molecule has 1 heterocycles. The first kappa shape index (κ1) is 32.6. The van der Waals surface area contributed by atoms with Crippen molar-refractivity contribution in [3.05, 3.63) is 35.9 Å². The van der Waals surface area contributed by atoms with Crippen LogP contribution in [0.4, 0.5) is 9.59 Å². The van der Waals surface area contributed by atoms with Gasteiger partial charge in [-0.05, 0) is 64.4 Å². The number of benzene rings is 1. The highest BCUT2D eigenvalue weighted by atomic mass is 16.6. The van der Waals surface area contributed by atoms with Gasteiger partial charge in [-0.2, -0.15) is 0 Å². The van der Waals surface area contributed by atoms with Crippen molar-refractivity contribution in [3.63, 3.8) is 0 Å². The topological polar surface area (TPSA) is 143 Å². The SMILES string of the molecule is CC(C)[C@@H](C=O)NC(=O)[C@@H]1CCCN1C(=O)[C@H](CCCCNC(=O)OCc1ccccc1)NC(=O)OC(C)(C)C. The summed E-state index contributed by atoms with van der Waals surface area (Å²) in [7, 11) is 0. The van der Waals surface area contributed by atoms with Gasteiger partial charge in [-0.3, -0.25) is 9.59 Å². The Bertz CT molecular complexity index is 994. The zero-order valence-electron chi connectivity index (χ0n) is 24.2. The summed E-state index contributed by atoms with van der Waals surface area (Å²) in [6, 6.07) is 7.05. The molecule has 1 aromatic rings. The van der Waals surface area contributed by atoms with Gasteiger partial charge < -0.3 is 35.1 Å². The number of likely N-dealkylation sites (tertiary alicyclic amines) is 1. The largest absolute Gasteiger partial charge is 0.445 e. The fourth-order valence-corrected chi connectivity index (χ4v) is 4.27. The summed E-state index contributed by atoms with van der Waals surface area (Å²) in [5, 5.41) is 8.08. The van der Waals surface area contributed by atoms with E-state index >= 15 is 0 Å². The quantitative estimate of drug-likeness (QED) is 0.248. The first-order chi connectivity index (χ1) is 18.9. The van der Waals surface area contributed by atoms with E-state index in [1.54, 1.807) is 20.8 Å². The zero-order valence-corrected chi connectivity index (χ0v) is 24.2. The average molecular weight is 561 g/mol. The minimum atomic E-state index is -0.916. The number of unbranched alkanes of at least 4 members (excludes halogenated alkanes) is 1. The Morgan fingerprint density at radius 2 is 1.75 bits per heavy atom. The van der Waals surface area contributed by atoms with Gasteiger partial charge in [-0.15, -0.1) is 0 Å². The summed E-state index contributed by atoms with van der Waals surface area (Å²) in [4.78, 5) is 63.9. The third-order valence-corrected chi connectivity index (χ3v) is 6.40. The minimum Gasteiger partial charge on any atom is -0.445 e. The molecule has 40 heavy (non-hydrogen) atoms. The lowest BCUT2D eigenvalue weighted by atomic mass is 10.0. The number of ether oxygens (including phenoxy) is 2. The predicted molar refractivity (Wildman–Crippen MR) is 149 cm³/mol. The number of nitrogens with one attached hydrogen (secondary N) is 3. The summed E-state index contributed by atoms with van der Waals surface area (Å²) >= 11 is 0. The van der Waals surface area contributed by atoms with Crippen molar-refractivity contribution in [1.29, 1.82) is 0 Å². The Balaban J connectivity index is 1.94. The molecule has 0 spiro atoms. The number of aldehydes is 1. The fraction of sp³-hybridized carbons (Fsp3) is 0.621. The van der Waals surface area contributed by atoms with Gasteiger partial charge in [0, 0.05) is 13.1 Å². The van der Waals surface area contributed by atoms with Crippen molar-refractivity contribution in [2.45, 2.75) is 97.1 Å². The van der Waals surface area contributed by atoms with Crippen molar-refractivity contribution < 1.29 is 33.4 Å². The van der Waals surface area contributed by atoms with E-state index in [9.17, 15) is 24.0 Å². The van der Waals surface area contributed by atoms with E-state index in [1.165, 1.54) is 4.90 Å². The van der Waals surface area contributed by atoms with Crippen molar-refractivity contribution in [2.24, 2.45) is 5.92 Å². The van der Waals surface area contributed by atoms with Crippen LogP contribution in [-0.2, 0) is 30.5 Å². The molecule has 1 fully saturated rings. The number of carbonyl (C=O) groups is 5. The fourth-order valence-electron chi connectivity index (χ4n) is 4.27. The maximum atomic E-state index is 13.6. The highest BCUT2D eigenvalue weighted by Crippen LogP contribution is 2.21. The molecule has 1 aliphatic heterocycles. The van der Waals surface area contributed by atoms with Crippen LogP contribution in [0.25, 0.3) is 0 Å². The number of hydrogen-bond acceptors (Lipinski definition) is 7. The van der Waals surface area contributed by atoms with Crippen molar-refractivity contribution in [1.82, 2.24) is 20.9 Å². The van der Waals surface area contributed by atoms with Gasteiger partial charge in [0.05, 0.1) is 6.04 Å². The van der Waals surface area contributed by atoms with Crippen LogP contribution in [0.15, 0.2) is 30.3 Å². The Morgan fingerprint density at radius 3 is 2.38 bits per heavy atom. The van der Waals surface area contributed by atoms with E-state index in [4.69, 9.17) is 9.47 Å². The Hall–Kier alpha value is -3.63. The lowest BCUT2D eigenvalue weighted by molar-refractivity contribution is -0.140. The van der Waals surface area contributed by atoms with E-state index < -0.39 is 35.9 Å². The van der Waals surface area contributed by atoms with E-state index in [1.807, 2.05) is 44.2 Å². The van der Waals surface area contributed by atoms with Crippen molar-refractivity contribution in [3.8, 4) is 0 Å². The van der Waals surface area contributed by atoms with E-state index in [0.717, 1.165) is 5.56 Å². The Labute approximate surface area is 236 Å². The predicted octanol–water partition coefficient (Wildman–Crippen LogP) is 3.31. The third kappa shape index (κ3) is 11.2. The molecule has 1 saturated heterocycles. The molecule has 3 atom stereocenters. The van der Waals surface area contributed by atoms with Crippen LogP contribution in [0.1, 0.15) is 72.3 Å². The molecule has 2 rings (SSSR count). The third-order valence-electron chi connectivity index (χ3n) is 6.40. The number of rotatable bonds is 13. The summed E-state index contributed by atoms with van der Waals surface area (Å²) < 4.78 is 10.6. The summed E-state index contributed by atoms with van der Waals surface area (Å²) in [5.74, 6) is -0.852. The van der Waals surface area contributed by atoms with Crippen LogP contribution >= 0.6 is 0 Å². The number of amides is 4. The number of nitrogens with zero attached hydrogens (tertiary/aromatic N) is 1. The Kier molecular flexibility index (Phi) is 12.9.